The molecule has 21 heavy (non-hydrogen) atoms. The summed E-state index contributed by atoms with van der Waals surface area (Å²) in [6.45, 7) is 5.02. The van der Waals surface area contributed by atoms with Crippen molar-refractivity contribution in [2.45, 2.75) is 25.7 Å². The van der Waals surface area contributed by atoms with Crippen LogP contribution in [0.2, 0.25) is 0 Å². The molecule has 1 fully saturated rings. The van der Waals surface area contributed by atoms with Gasteiger partial charge in [-0.15, -0.1) is 0 Å². The van der Waals surface area contributed by atoms with Crippen molar-refractivity contribution in [1.82, 2.24) is 9.47 Å². The maximum atomic E-state index is 11.9. The number of hydrogen-bond acceptors (Lipinski definition) is 5. The smallest absolute Gasteiger partial charge is 0.408 e. The molecule has 0 aliphatic carbocycles. The number of fused-ring (bicyclic) bond motifs is 1. The van der Waals surface area contributed by atoms with Crippen LogP contribution in [0.5, 0.6) is 0 Å². The molecule has 3 rings (SSSR count). The Hall–Kier alpha value is -1.63. The Kier molecular flexibility index (Phi) is 4.10. The number of ether oxygens (including phenoxy) is 1. The summed E-state index contributed by atoms with van der Waals surface area (Å²) >= 11 is 0. The number of oxazole rings is 1. The Morgan fingerprint density at radius 1 is 1.33 bits per heavy atom. The van der Waals surface area contributed by atoms with Gasteiger partial charge in [0.1, 0.15) is 0 Å². The van der Waals surface area contributed by atoms with E-state index >= 15 is 0 Å². The van der Waals surface area contributed by atoms with Crippen molar-refractivity contribution in [3.63, 3.8) is 0 Å². The third-order valence-electron chi connectivity index (χ3n) is 3.91. The number of para-hydroxylation sites is 2. The molecule has 2 atom stereocenters. The summed E-state index contributed by atoms with van der Waals surface area (Å²) in [5.41, 5.74) is 1.42. The number of aliphatic hydroxyl groups is 1. The van der Waals surface area contributed by atoms with E-state index in [9.17, 15) is 9.90 Å². The highest BCUT2D eigenvalue weighted by molar-refractivity contribution is 5.72. The number of likely N-dealkylation sites (tertiary alicyclic amines) is 1. The third-order valence-corrected chi connectivity index (χ3v) is 3.91. The molecule has 2 aromatic rings. The first-order valence-corrected chi connectivity index (χ1v) is 7.29. The van der Waals surface area contributed by atoms with Crippen LogP contribution in [0.15, 0.2) is 33.5 Å². The average molecular weight is 292 g/mol. The second-order valence-corrected chi connectivity index (χ2v) is 5.31. The highest BCUT2D eigenvalue weighted by atomic mass is 16.5. The van der Waals surface area contributed by atoms with Gasteiger partial charge in [0, 0.05) is 32.8 Å². The summed E-state index contributed by atoms with van der Waals surface area (Å²) in [6.07, 6.45) is -0.587. The first-order valence-electron chi connectivity index (χ1n) is 7.29. The summed E-state index contributed by atoms with van der Waals surface area (Å²) in [4.78, 5) is 14.0. The molecule has 0 spiro atoms. The predicted octanol–water partition coefficient (Wildman–Crippen LogP) is 0.676. The van der Waals surface area contributed by atoms with Crippen molar-refractivity contribution in [1.29, 1.82) is 0 Å². The van der Waals surface area contributed by atoms with Gasteiger partial charge < -0.3 is 14.3 Å². The summed E-state index contributed by atoms with van der Waals surface area (Å²) in [6, 6.07) is 7.40. The molecule has 1 aromatic carbocycles. The summed E-state index contributed by atoms with van der Waals surface area (Å²) in [7, 11) is 0. The van der Waals surface area contributed by atoms with Crippen LogP contribution in [0.1, 0.15) is 6.92 Å². The van der Waals surface area contributed by atoms with E-state index in [4.69, 9.17) is 9.15 Å². The van der Waals surface area contributed by atoms with Crippen molar-refractivity contribution in [2.24, 2.45) is 0 Å². The molecule has 1 aliphatic rings. The maximum Gasteiger partial charge on any atom is 0.419 e. The third kappa shape index (κ3) is 2.88. The van der Waals surface area contributed by atoms with Crippen LogP contribution in [0.4, 0.5) is 0 Å². The maximum absolute atomic E-state index is 11.9. The zero-order valence-electron chi connectivity index (χ0n) is 12.1. The second-order valence-electron chi connectivity index (χ2n) is 5.31. The molecule has 0 unspecified atom stereocenters. The molecular formula is C15H20N2O4. The number of nitrogens with zero attached hydrogens (tertiary/aromatic N) is 2. The van der Waals surface area contributed by atoms with Crippen LogP contribution >= 0.6 is 0 Å². The fourth-order valence-corrected chi connectivity index (χ4v) is 2.86. The van der Waals surface area contributed by atoms with Crippen LogP contribution in [0, 0.1) is 0 Å². The van der Waals surface area contributed by atoms with Gasteiger partial charge in [-0.05, 0) is 19.1 Å². The molecule has 1 N–H and O–H groups in total. The minimum absolute atomic E-state index is 0.132. The van der Waals surface area contributed by atoms with Gasteiger partial charge in [0.25, 0.3) is 0 Å². The summed E-state index contributed by atoms with van der Waals surface area (Å²) < 4.78 is 12.3. The SMILES string of the molecule is CCO[C@H]1CN(CCn2c(=O)oc3ccccc32)C[C@@H]1O. The van der Waals surface area contributed by atoms with Gasteiger partial charge in [-0.1, -0.05) is 12.1 Å². The molecule has 114 valence electrons. The topological polar surface area (TPSA) is 67.8 Å². The molecule has 1 aliphatic heterocycles. The highest BCUT2D eigenvalue weighted by Gasteiger charge is 2.31. The van der Waals surface area contributed by atoms with Gasteiger partial charge in [0.15, 0.2) is 5.58 Å². The fourth-order valence-electron chi connectivity index (χ4n) is 2.86. The molecule has 0 radical (unpaired) electrons. The van der Waals surface area contributed by atoms with Gasteiger partial charge >= 0.3 is 5.76 Å². The van der Waals surface area contributed by atoms with E-state index in [1.54, 1.807) is 10.6 Å². The van der Waals surface area contributed by atoms with Crippen LogP contribution < -0.4 is 5.76 Å². The van der Waals surface area contributed by atoms with E-state index in [-0.39, 0.29) is 11.9 Å². The van der Waals surface area contributed by atoms with Gasteiger partial charge in [0.05, 0.1) is 17.7 Å². The van der Waals surface area contributed by atoms with Gasteiger partial charge in [-0.25, -0.2) is 4.79 Å². The average Bonchev–Trinajstić information content (AvgIpc) is 2.97. The van der Waals surface area contributed by atoms with Gasteiger partial charge in [0.2, 0.25) is 0 Å². The predicted molar refractivity (Wildman–Crippen MR) is 78.3 cm³/mol. The first-order chi connectivity index (χ1) is 10.2. The molecule has 6 heteroatoms. The van der Waals surface area contributed by atoms with E-state index in [0.29, 0.717) is 38.4 Å². The Labute approximate surface area is 122 Å². The molecule has 1 aromatic heterocycles. The van der Waals surface area contributed by atoms with E-state index in [1.165, 1.54) is 0 Å². The Bertz CT molecular complexity index is 663. The van der Waals surface area contributed by atoms with Crippen LogP contribution in [-0.4, -0.2) is 53.0 Å². The zero-order valence-corrected chi connectivity index (χ0v) is 12.1. The second kappa shape index (κ2) is 6.01. The van der Waals surface area contributed by atoms with Gasteiger partial charge in [-0.2, -0.15) is 0 Å². The van der Waals surface area contributed by atoms with Crippen molar-refractivity contribution >= 4 is 11.1 Å². The monoisotopic (exact) mass is 292 g/mol. The lowest BCUT2D eigenvalue weighted by atomic mass is 10.3. The van der Waals surface area contributed by atoms with Crippen molar-refractivity contribution in [2.75, 3.05) is 26.2 Å². The lowest BCUT2D eigenvalue weighted by molar-refractivity contribution is -0.00242. The lowest BCUT2D eigenvalue weighted by Crippen LogP contribution is -2.29. The van der Waals surface area contributed by atoms with Crippen LogP contribution in [0.25, 0.3) is 11.1 Å². The normalized spacial score (nSPS) is 23.1. The fraction of sp³-hybridized carbons (Fsp3) is 0.533. The number of benzene rings is 1. The number of hydrogen-bond donors (Lipinski definition) is 1. The van der Waals surface area contributed by atoms with Crippen LogP contribution in [0.3, 0.4) is 0 Å². The lowest BCUT2D eigenvalue weighted by Gasteiger charge is -2.15. The Morgan fingerprint density at radius 2 is 2.14 bits per heavy atom. The summed E-state index contributed by atoms with van der Waals surface area (Å²) in [5, 5.41) is 9.92. The largest absolute Gasteiger partial charge is 0.419 e. The number of aromatic nitrogens is 1. The molecule has 1 saturated heterocycles. The first kappa shape index (κ1) is 14.3. The standard InChI is InChI=1S/C15H20N2O4/c1-2-20-14-10-16(9-12(14)18)7-8-17-11-5-3-4-6-13(11)21-15(17)19/h3-6,12,14,18H,2,7-10H2,1H3/t12-,14-/m0/s1. The Morgan fingerprint density at radius 3 is 2.95 bits per heavy atom. The minimum Gasteiger partial charge on any atom is -0.408 e. The van der Waals surface area contributed by atoms with E-state index in [1.807, 2.05) is 25.1 Å². The molecule has 0 amide bonds. The molecule has 6 nitrogen and oxygen atoms in total. The molecular weight excluding hydrogens is 272 g/mol. The number of rotatable bonds is 5. The van der Waals surface area contributed by atoms with Crippen molar-refractivity contribution in [3.05, 3.63) is 34.8 Å². The molecule has 0 bridgehead atoms. The van der Waals surface area contributed by atoms with E-state index in [0.717, 1.165) is 5.52 Å². The van der Waals surface area contributed by atoms with E-state index < -0.39 is 6.10 Å². The Balaban J connectivity index is 1.67. The van der Waals surface area contributed by atoms with Gasteiger partial charge in [-0.3, -0.25) is 9.47 Å². The highest BCUT2D eigenvalue weighted by Crippen LogP contribution is 2.15. The summed E-state index contributed by atoms with van der Waals surface area (Å²) in [5.74, 6) is -0.336. The van der Waals surface area contributed by atoms with Crippen molar-refractivity contribution in [3.8, 4) is 0 Å². The quantitative estimate of drug-likeness (QED) is 0.877. The number of β-amino-alcohol motifs (C(OH)–C–C–N with tert-alkyl or cyclic N) is 1. The zero-order chi connectivity index (χ0) is 14.8. The van der Waals surface area contributed by atoms with Crippen LogP contribution in [-0.2, 0) is 11.3 Å². The number of aliphatic hydroxyl groups excluding tert-OH is 1. The van der Waals surface area contributed by atoms with E-state index in [2.05, 4.69) is 4.90 Å². The molecule has 0 saturated carbocycles. The van der Waals surface area contributed by atoms with Crippen molar-refractivity contribution < 1.29 is 14.3 Å². The minimum atomic E-state index is -0.456. The molecule has 2 heterocycles.